The van der Waals surface area contributed by atoms with Crippen molar-refractivity contribution in [3.8, 4) is 11.5 Å². The monoisotopic (exact) mass is 242 g/mol. The number of benzene rings is 1. The molecule has 0 spiro atoms. The second kappa shape index (κ2) is 4.14. The Morgan fingerprint density at radius 1 is 1.17 bits per heavy atom. The first kappa shape index (κ1) is 10.8. The Labute approximate surface area is 103 Å². The van der Waals surface area contributed by atoms with Gasteiger partial charge in [0.2, 0.25) is 0 Å². The van der Waals surface area contributed by atoms with Gasteiger partial charge in [0.05, 0.1) is 0 Å². The third-order valence-electron chi connectivity index (χ3n) is 2.74. The molecule has 0 aliphatic carbocycles. The zero-order valence-corrected chi connectivity index (χ0v) is 9.77. The maximum Gasteiger partial charge on any atom is 0.153 e. The Balaban J connectivity index is 2.13. The average Bonchev–Trinajstić information content (AvgIpc) is 2.81. The van der Waals surface area contributed by atoms with E-state index in [4.69, 9.17) is 4.42 Å². The van der Waals surface area contributed by atoms with E-state index in [1.807, 2.05) is 18.2 Å². The molecular formula is C14H11FN2O. The summed E-state index contributed by atoms with van der Waals surface area (Å²) < 4.78 is 18.8. The van der Waals surface area contributed by atoms with E-state index in [-0.39, 0.29) is 5.82 Å². The summed E-state index contributed by atoms with van der Waals surface area (Å²) in [6, 6.07) is 11.9. The quantitative estimate of drug-likeness (QED) is 0.745. The molecule has 0 fully saturated rings. The van der Waals surface area contributed by atoms with Gasteiger partial charge in [0.15, 0.2) is 5.76 Å². The minimum atomic E-state index is -0.271. The molecule has 0 saturated heterocycles. The molecule has 3 aromatic rings. The van der Waals surface area contributed by atoms with E-state index in [0.29, 0.717) is 11.3 Å². The van der Waals surface area contributed by atoms with Gasteiger partial charge in [-0.3, -0.25) is 0 Å². The van der Waals surface area contributed by atoms with Crippen LogP contribution in [0.25, 0.3) is 22.4 Å². The maximum atomic E-state index is 13.1. The highest BCUT2D eigenvalue weighted by Gasteiger charge is 2.08. The summed E-state index contributed by atoms with van der Waals surface area (Å²) in [7, 11) is 1.81. The smallest absolute Gasteiger partial charge is 0.153 e. The Hall–Kier alpha value is -2.36. The molecule has 0 aliphatic rings. The normalized spacial score (nSPS) is 10.8. The van der Waals surface area contributed by atoms with Gasteiger partial charge in [-0.2, -0.15) is 0 Å². The van der Waals surface area contributed by atoms with E-state index in [9.17, 15) is 4.39 Å². The van der Waals surface area contributed by atoms with E-state index in [1.54, 1.807) is 19.2 Å². The van der Waals surface area contributed by atoms with Crippen LogP contribution in [0.4, 0.5) is 10.2 Å². The molecule has 90 valence electrons. The molecule has 1 N–H and O–H groups in total. The number of pyridine rings is 1. The topological polar surface area (TPSA) is 38.1 Å². The number of rotatable bonds is 2. The van der Waals surface area contributed by atoms with Crippen LogP contribution < -0.4 is 5.32 Å². The summed E-state index contributed by atoms with van der Waals surface area (Å²) >= 11 is 0. The van der Waals surface area contributed by atoms with Crippen LogP contribution in [-0.2, 0) is 0 Å². The van der Waals surface area contributed by atoms with E-state index in [1.165, 1.54) is 12.1 Å². The van der Waals surface area contributed by atoms with E-state index in [2.05, 4.69) is 10.3 Å². The van der Waals surface area contributed by atoms with Crippen molar-refractivity contribution < 1.29 is 8.81 Å². The van der Waals surface area contributed by atoms with Gasteiger partial charge >= 0.3 is 0 Å². The van der Waals surface area contributed by atoms with E-state index < -0.39 is 0 Å². The number of halogens is 1. The van der Waals surface area contributed by atoms with Gasteiger partial charge in [0.25, 0.3) is 0 Å². The molecule has 4 heteroatoms. The van der Waals surface area contributed by atoms with Crippen LogP contribution in [0.1, 0.15) is 0 Å². The fourth-order valence-corrected chi connectivity index (χ4v) is 1.85. The maximum absolute atomic E-state index is 13.1. The molecule has 0 aliphatic heterocycles. The average molecular weight is 242 g/mol. The number of anilines is 1. The molecule has 1 aromatic carbocycles. The molecule has 0 unspecified atom stereocenters. The van der Waals surface area contributed by atoms with Gasteiger partial charge in [0.1, 0.15) is 22.9 Å². The summed E-state index contributed by atoms with van der Waals surface area (Å²) in [4.78, 5) is 4.38. The van der Waals surface area contributed by atoms with Crippen LogP contribution in [0.5, 0.6) is 0 Å². The van der Waals surface area contributed by atoms with Gasteiger partial charge in [0, 0.05) is 12.4 Å². The summed E-state index contributed by atoms with van der Waals surface area (Å²) in [5.41, 5.74) is 1.38. The first-order chi connectivity index (χ1) is 8.76. The summed E-state index contributed by atoms with van der Waals surface area (Å²) in [5, 5.41) is 3.70. The minimum absolute atomic E-state index is 0.271. The molecule has 0 saturated carbocycles. The Bertz CT molecular complexity index is 706. The lowest BCUT2D eigenvalue weighted by molar-refractivity contribution is 0.618. The Morgan fingerprint density at radius 3 is 2.89 bits per heavy atom. The van der Waals surface area contributed by atoms with Crippen molar-refractivity contribution >= 4 is 16.8 Å². The zero-order chi connectivity index (χ0) is 12.5. The van der Waals surface area contributed by atoms with E-state index in [0.717, 1.165) is 16.9 Å². The summed E-state index contributed by atoms with van der Waals surface area (Å²) in [6.07, 6.45) is 0. The molecule has 3 nitrogen and oxygen atoms in total. The highest BCUT2D eigenvalue weighted by atomic mass is 19.1. The molecule has 0 radical (unpaired) electrons. The Kier molecular flexibility index (Phi) is 2.48. The second-order valence-corrected chi connectivity index (χ2v) is 3.95. The largest absolute Gasteiger partial charge is 0.454 e. The number of hydrogen-bond acceptors (Lipinski definition) is 3. The van der Waals surface area contributed by atoms with Crippen molar-refractivity contribution in [3.05, 3.63) is 48.3 Å². The number of nitrogens with zero attached hydrogens (tertiary/aromatic N) is 1. The summed E-state index contributed by atoms with van der Waals surface area (Å²) in [5.74, 6) is 1.12. The third kappa shape index (κ3) is 1.82. The van der Waals surface area contributed by atoms with Crippen molar-refractivity contribution in [2.24, 2.45) is 0 Å². The predicted molar refractivity (Wildman–Crippen MR) is 68.9 cm³/mol. The first-order valence-corrected chi connectivity index (χ1v) is 5.60. The van der Waals surface area contributed by atoms with Crippen molar-refractivity contribution in [2.75, 3.05) is 12.4 Å². The molecule has 0 bridgehead atoms. The standard InChI is InChI=1S/C14H11FN2O/c1-16-14-4-2-3-11(17-14)13-8-9-7-10(15)5-6-12(9)18-13/h2-8H,1H3,(H,16,17). The second-order valence-electron chi connectivity index (χ2n) is 3.95. The zero-order valence-electron chi connectivity index (χ0n) is 9.77. The van der Waals surface area contributed by atoms with Crippen molar-refractivity contribution in [1.82, 2.24) is 4.98 Å². The van der Waals surface area contributed by atoms with Crippen LogP contribution in [0.2, 0.25) is 0 Å². The van der Waals surface area contributed by atoms with Crippen LogP contribution in [0.15, 0.2) is 46.9 Å². The number of aromatic nitrogens is 1. The van der Waals surface area contributed by atoms with Crippen molar-refractivity contribution in [3.63, 3.8) is 0 Å². The lowest BCUT2D eigenvalue weighted by Crippen LogP contribution is -1.92. The van der Waals surface area contributed by atoms with Gasteiger partial charge in [-0.05, 0) is 36.4 Å². The third-order valence-corrected chi connectivity index (χ3v) is 2.74. The van der Waals surface area contributed by atoms with Crippen molar-refractivity contribution in [2.45, 2.75) is 0 Å². The summed E-state index contributed by atoms with van der Waals surface area (Å²) in [6.45, 7) is 0. The molecule has 2 heterocycles. The van der Waals surface area contributed by atoms with Gasteiger partial charge in [-0.1, -0.05) is 6.07 Å². The van der Waals surface area contributed by atoms with Gasteiger partial charge in [-0.15, -0.1) is 0 Å². The van der Waals surface area contributed by atoms with E-state index >= 15 is 0 Å². The molecule has 18 heavy (non-hydrogen) atoms. The predicted octanol–water partition coefficient (Wildman–Crippen LogP) is 3.68. The highest BCUT2D eigenvalue weighted by molar-refractivity contribution is 5.82. The minimum Gasteiger partial charge on any atom is -0.454 e. The Morgan fingerprint density at radius 2 is 2.06 bits per heavy atom. The number of fused-ring (bicyclic) bond motifs is 1. The number of hydrogen-bond donors (Lipinski definition) is 1. The fraction of sp³-hybridized carbons (Fsp3) is 0.0714. The molecule has 0 atom stereocenters. The van der Waals surface area contributed by atoms with Crippen LogP contribution >= 0.6 is 0 Å². The van der Waals surface area contributed by atoms with Gasteiger partial charge < -0.3 is 9.73 Å². The van der Waals surface area contributed by atoms with Crippen LogP contribution in [-0.4, -0.2) is 12.0 Å². The number of nitrogens with one attached hydrogen (secondary N) is 1. The van der Waals surface area contributed by atoms with Crippen LogP contribution in [0.3, 0.4) is 0 Å². The van der Waals surface area contributed by atoms with Gasteiger partial charge in [-0.25, -0.2) is 9.37 Å². The highest BCUT2D eigenvalue weighted by Crippen LogP contribution is 2.27. The molecule has 0 amide bonds. The van der Waals surface area contributed by atoms with Crippen molar-refractivity contribution in [1.29, 1.82) is 0 Å². The molecule has 3 rings (SSSR count). The lowest BCUT2D eigenvalue weighted by Gasteiger charge is -2.00. The molecular weight excluding hydrogens is 231 g/mol. The fourth-order valence-electron chi connectivity index (χ4n) is 1.85. The SMILES string of the molecule is CNc1cccc(-c2cc3cc(F)ccc3o2)n1. The number of furan rings is 1. The molecule has 2 aromatic heterocycles. The lowest BCUT2D eigenvalue weighted by atomic mass is 10.2. The first-order valence-electron chi connectivity index (χ1n) is 5.60. The van der Waals surface area contributed by atoms with Crippen LogP contribution in [0, 0.1) is 5.82 Å².